The fraction of sp³-hybridized carbons (Fsp3) is 0.412. The summed E-state index contributed by atoms with van der Waals surface area (Å²) < 4.78 is 10.8. The maximum Gasteiger partial charge on any atom is 0.161 e. The molecule has 0 atom stereocenters. The van der Waals surface area contributed by atoms with E-state index in [-0.39, 0.29) is 0 Å². The molecule has 100 valence electrons. The second kappa shape index (κ2) is 5.12. The van der Waals surface area contributed by atoms with Crippen LogP contribution in [0.5, 0.6) is 11.5 Å². The van der Waals surface area contributed by atoms with Crippen molar-refractivity contribution in [2.24, 2.45) is 0 Å². The maximum absolute atomic E-state index is 5.44. The van der Waals surface area contributed by atoms with Crippen molar-refractivity contribution in [1.29, 1.82) is 0 Å². The van der Waals surface area contributed by atoms with E-state index in [1.807, 2.05) is 0 Å². The Morgan fingerprint density at radius 2 is 1.58 bits per heavy atom. The van der Waals surface area contributed by atoms with Gasteiger partial charge in [-0.05, 0) is 59.7 Å². The third kappa shape index (κ3) is 2.16. The van der Waals surface area contributed by atoms with Gasteiger partial charge in [0.05, 0.1) is 14.2 Å². The maximum atomic E-state index is 5.44. The lowest BCUT2D eigenvalue weighted by molar-refractivity contribution is 0.356. The topological polar surface area (TPSA) is 18.5 Å². The summed E-state index contributed by atoms with van der Waals surface area (Å²) in [5.41, 5.74) is 3.02. The second-order valence-corrected chi connectivity index (χ2v) is 5.19. The molecular formula is C17H20O2. The Balaban J connectivity index is 2.24. The summed E-state index contributed by atoms with van der Waals surface area (Å²) in [5.74, 6) is 1.64. The number of aryl methyl sites for hydroxylation is 2. The van der Waals surface area contributed by atoms with Gasteiger partial charge in [0, 0.05) is 0 Å². The normalized spacial score (nSPS) is 14.8. The number of hydrogen-bond donors (Lipinski definition) is 0. The molecule has 3 rings (SSSR count). The summed E-state index contributed by atoms with van der Waals surface area (Å²) in [6.45, 7) is 0. The Bertz CT molecular complexity index is 602. The van der Waals surface area contributed by atoms with E-state index < -0.39 is 0 Å². The van der Waals surface area contributed by atoms with Gasteiger partial charge in [0.1, 0.15) is 0 Å². The monoisotopic (exact) mass is 256 g/mol. The third-order valence-electron chi connectivity index (χ3n) is 4.11. The van der Waals surface area contributed by atoms with Crippen LogP contribution in [0.25, 0.3) is 10.8 Å². The Morgan fingerprint density at radius 1 is 0.842 bits per heavy atom. The van der Waals surface area contributed by atoms with Crippen molar-refractivity contribution in [2.75, 3.05) is 14.2 Å². The minimum atomic E-state index is 0.809. The van der Waals surface area contributed by atoms with Crippen molar-refractivity contribution in [1.82, 2.24) is 0 Å². The van der Waals surface area contributed by atoms with Gasteiger partial charge >= 0.3 is 0 Å². The zero-order valence-corrected chi connectivity index (χ0v) is 11.7. The molecule has 0 fully saturated rings. The summed E-state index contributed by atoms with van der Waals surface area (Å²) in [4.78, 5) is 0. The summed E-state index contributed by atoms with van der Waals surface area (Å²) >= 11 is 0. The predicted octanol–water partition coefficient (Wildman–Crippen LogP) is 4.13. The van der Waals surface area contributed by atoms with Crippen LogP contribution in [-0.2, 0) is 12.8 Å². The molecule has 2 heteroatoms. The Kier molecular flexibility index (Phi) is 3.33. The van der Waals surface area contributed by atoms with Gasteiger partial charge in [-0.15, -0.1) is 0 Å². The average molecular weight is 256 g/mol. The molecule has 2 aromatic rings. The fourth-order valence-electron chi connectivity index (χ4n) is 3.08. The first-order chi connectivity index (χ1) is 9.33. The first-order valence-corrected chi connectivity index (χ1v) is 7.00. The number of hydrogen-bond acceptors (Lipinski definition) is 2. The lowest BCUT2D eigenvalue weighted by atomic mass is 9.95. The lowest BCUT2D eigenvalue weighted by Crippen LogP contribution is -1.95. The van der Waals surface area contributed by atoms with Crippen molar-refractivity contribution in [3.05, 3.63) is 35.4 Å². The highest BCUT2D eigenvalue weighted by Gasteiger charge is 2.14. The number of ether oxygens (including phenoxy) is 2. The Morgan fingerprint density at radius 3 is 2.37 bits per heavy atom. The van der Waals surface area contributed by atoms with Crippen molar-refractivity contribution in [3.63, 3.8) is 0 Å². The molecule has 0 saturated heterocycles. The quantitative estimate of drug-likeness (QED) is 0.752. The zero-order chi connectivity index (χ0) is 13.2. The minimum absolute atomic E-state index is 0.809. The summed E-state index contributed by atoms with van der Waals surface area (Å²) in [6, 6.07) is 8.72. The highest BCUT2D eigenvalue weighted by Crippen LogP contribution is 2.36. The standard InChI is InChI=1S/C17H20O2/c1-18-16-10-13-9-8-12-6-4-3-5-7-14(12)15(13)11-17(16)19-2/h8-11H,3-7H2,1-2H3. The van der Waals surface area contributed by atoms with Gasteiger partial charge in [-0.1, -0.05) is 18.6 Å². The van der Waals surface area contributed by atoms with Crippen molar-refractivity contribution in [2.45, 2.75) is 32.1 Å². The van der Waals surface area contributed by atoms with Crippen LogP contribution in [0, 0.1) is 0 Å². The third-order valence-corrected chi connectivity index (χ3v) is 4.11. The van der Waals surface area contributed by atoms with Crippen molar-refractivity contribution in [3.8, 4) is 11.5 Å². The Hall–Kier alpha value is -1.70. The van der Waals surface area contributed by atoms with E-state index in [0.29, 0.717) is 0 Å². The molecule has 0 radical (unpaired) electrons. The smallest absolute Gasteiger partial charge is 0.161 e. The molecule has 0 spiro atoms. The average Bonchev–Trinajstić information content (AvgIpc) is 2.70. The molecule has 0 amide bonds. The van der Waals surface area contributed by atoms with E-state index >= 15 is 0 Å². The second-order valence-electron chi connectivity index (χ2n) is 5.19. The van der Waals surface area contributed by atoms with Crippen LogP contribution < -0.4 is 9.47 Å². The molecule has 0 N–H and O–H groups in total. The van der Waals surface area contributed by atoms with Gasteiger partial charge in [0.2, 0.25) is 0 Å². The molecule has 0 heterocycles. The van der Waals surface area contributed by atoms with E-state index in [9.17, 15) is 0 Å². The van der Waals surface area contributed by atoms with Crippen LogP contribution in [0.3, 0.4) is 0 Å². The lowest BCUT2D eigenvalue weighted by Gasteiger charge is -2.14. The molecule has 0 aromatic heterocycles. The summed E-state index contributed by atoms with van der Waals surface area (Å²) in [5, 5.41) is 2.58. The van der Waals surface area contributed by atoms with E-state index in [2.05, 4.69) is 24.3 Å². The van der Waals surface area contributed by atoms with Crippen LogP contribution in [0.1, 0.15) is 30.4 Å². The molecule has 2 nitrogen and oxygen atoms in total. The van der Waals surface area contributed by atoms with Crippen molar-refractivity contribution >= 4 is 10.8 Å². The molecule has 0 saturated carbocycles. The molecular weight excluding hydrogens is 236 g/mol. The highest BCUT2D eigenvalue weighted by molar-refractivity contribution is 5.90. The molecule has 0 aliphatic heterocycles. The van der Waals surface area contributed by atoms with Gasteiger partial charge in [-0.25, -0.2) is 0 Å². The number of fused-ring (bicyclic) bond motifs is 3. The Labute approximate surface area is 114 Å². The van der Waals surface area contributed by atoms with E-state index in [1.54, 1.807) is 14.2 Å². The number of methoxy groups -OCH3 is 2. The molecule has 2 aromatic carbocycles. The molecule has 0 unspecified atom stereocenters. The highest BCUT2D eigenvalue weighted by atomic mass is 16.5. The first-order valence-electron chi connectivity index (χ1n) is 7.00. The van der Waals surface area contributed by atoms with E-state index in [4.69, 9.17) is 9.47 Å². The van der Waals surface area contributed by atoms with Gasteiger partial charge in [-0.3, -0.25) is 0 Å². The van der Waals surface area contributed by atoms with Crippen LogP contribution >= 0.6 is 0 Å². The number of benzene rings is 2. The zero-order valence-electron chi connectivity index (χ0n) is 11.7. The van der Waals surface area contributed by atoms with Crippen LogP contribution in [0.15, 0.2) is 24.3 Å². The number of rotatable bonds is 2. The van der Waals surface area contributed by atoms with Gasteiger partial charge in [0.25, 0.3) is 0 Å². The first kappa shape index (κ1) is 12.3. The van der Waals surface area contributed by atoms with Gasteiger partial charge in [-0.2, -0.15) is 0 Å². The fourth-order valence-corrected chi connectivity index (χ4v) is 3.08. The molecule has 1 aliphatic carbocycles. The van der Waals surface area contributed by atoms with Crippen LogP contribution in [0.4, 0.5) is 0 Å². The van der Waals surface area contributed by atoms with Crippen LogP contribution in [-0.4, -0.2) is 14.2 Å². The molecule has 1 aliphatic rings. The molecule has 0 bridgehead atoms. The van der Waals surface area contributed by atoms with Crippen LogP contribution in [0.2, 0.25) is 0 Å². The van der Waals surface area contributed by atoms with Gasteiger partial charge in [0.15, 0.2) is 11.5 Å². The van der Waals surface area contributed by atoms with Crippen molar-refractivity contribution < 1.29 is 9.47 Å². The summed E-state index contributed by atoms with van der Waals surface area (Å²) in [7, 11) is 3.39. The minimum Gasteiger partial charge on any atom is -0.493 e. The van der Waals surface area contributed by atoms with E-state index in [1.165, 1.54) is 54.0 Å². The van der Waals surface area contributed by atoms with E-state index in [0.717, 1.165) is 11.5 Å². The van der Waals surface area contributed by atoms with Gasteiger partial charge < -0.3 is 9.47 Å². The summed E-state index contributed by atoms with van der Waals surface area (Å²) in [6.07, 6.45) is 6.33. The SMILES string of the molecule is COc1cc2ccc3c(c2cc1OC)CCCCC3. The molecule has 19 heavy (non-hydrogen) atoms. The largest absolute Gasteiger partial charge is 0.493 e. The predicted molar refractivity (Wildman–Crippen MR) is 78.3 cm³/mol.